The van der Waals surface area contributed by atoms with Gasteiger partial charge in [-0.2, -0.15) is 4.68 Å². The monoisotopic (exact) mass is 739 g/mol. The van der Waals surface area contributed by atoms with E-state index in [9.17, 15) is 13.2 Å². The van der Waals surface area contributed by atoms with Gasteiger partial charge in [-0.3, -0.25) is 0 Å². The summed E-state index contributed by atoms with van der Waals surface area (Å²) in [5.74, 6) is -0.429. The van der Waals surface area contributed by atoms with Gasteiger partial charge in [-0.1, -0.05) is 105 Å². The van der Waals surface area contributed by atoms with Crippen molar-refractivity contribution in [3.8, 4) is 5.69 Å². The van der Waals surface area contributed by atoms with E-state index in [0.717, 1.165) is 10.4 Å². The van der Waals surface area contributed by atoms with Gasteiger partial charge in [-0.25, -0.2) is 13.2 Å². The lowest BCUT2D eigenvalue weighted by Crippen LogP contribution is -2.70. The molecule has 0 saturated carbocycles. The lowest BCUT2D eigenvalue weighted by molar-refractivity contribution is -0.183. The molecule has 0 radical (unpaired) electrons. The zero-order chi connectivity index (χ0) is 36.5. The zero-order valence-electron chi connectivity index (χ0n) is 29.4. The molecule has 16 heteroatoms. The number of rotatable bonds is 18. The molecule has 2 heterocycles. The number of amides is 1. The number of alkyl carbamates (subject to hydrolysis) is 1. The molecule has 3 atom stereocenters. The molecule has 51 heavy (non-hydrogen) atoms. The van der Waals surface area contributed by atoms with Crippen LogP contribution in [0.15, 0.2) is 96.2 Å². The van der Waals surface area contributed by atoms with E-state index in [2.05, 4.69) is 65.9 Å². The summed E-state index contributed by atoms with van der Waals surface area (Å²) in [6.07, 6.45) is -2.77. The average Bonchev–Trinajstić information content (AvgIpc) is 3.78. The molecule has 1 aromatic heterocycles. The van der Waals surface area contributed by atoms with Crippen LogP contribution in [0.3, 0.4) is 0 Å². The van der Waals surface area contributed by atoms with Crippen molar-refractivity contribution >= 4 is 34.6 Å². The molecule has 0 unspecified atom stereocenters. The van der Waals surface area contributed by atoms with Gasteiger partial charge in [0.2, 0.25) is 9.84 Å². The second kappa shape index (κ2) is 16.5. The molecule has 1 saturated heterocycles. The van der Waals surface area contributed by atoms with Crippen LogP contribution in [-0.4, -0.2) is 108 Å². The molecule has 1 aliphatic heterocycles. The van der Waals surface area contributed by atoms with Crippen LogP contribution in [0.1, 0.15) is 27.2 Å². The first-order valence-corrected chi connectivity index (χ1v) is 20.0. The molecule has 14 nitrogen and oxygen atoms in total. The summed E-state index contributed by atoms with van der Waals surface area (Å²) in [4.78, 5) is 12.9. The van der Waals surface area contributed by atoms with Gasteiger partial charge in [0.1, 0.15) is 31.8 Å². The Morgan fingerprint density at radius 1 is 0.902 bits per heavy atom. The maximum absolute atomic E-state index is 13.8. The Morgan fingerprint density at radius 2 is 1.47 bits per heavy atom. The van der Waals surface area contributed by atoms with E-state index in [-0.39, 0.29) is 43.4 Å². The number of benzene rings is 3. The van der Waals surface area contributed by atoms with Crippen LogP contribution in [0.2, 0.25) is 5.04 Å². The van der Waals surface area contributed by atoms with Crippen molar-refractivity contribution in [3.63, 3.8) is 0 Å². The molecule has 1 N–H and O–H groups in total. The average molecular weight is 740 g/mol. The van der Waals surface area contributed by atoms with Crippen LogP contribution in [-0.2, 0) is 37.9 Å². The summed E-state index contributed by atoms with van der Waals surface area (Å²) >= 11 is 0. The first-order chi connectivity index (χ1) is 24.5. The molecule has 5 rings (SSSR count). The Hall–Kier alpha value is -4.03. The highest BCUT2D eigenvalue weighted by atomic mass is 32.2. The van der Waals surface area contributed by atoms with E-state index < -0.39 is 47.7 Å². The van der Waals surface area contributed by atoms with E-state index in [4.69, 9.17) is 28.1 Å². The van der Waals surface area contributed by atoms with Gasteiger partial charge < -0.3 is 33.4 Å². The van der Waals surface area contributed by atoms with E-state index in [1.54, 1.807) is 30.3 Å². The Labute approximate surface area is 299 Å². The number of methoxy groups -OCH3 is 2. The number of nitrogens with zero attached hydrogens (tertiary/aromatic N) is 4. The minimum absolute atomic E-state index is 0.0632. The van der Waals surface area contributed by atoms with E-state index >= 15 is 0 Å². The predicted molar refractivity (Wildman–Crippen MR) is 190 cm³/mol. The lowest BCUT2D eigenvalue weighted by Gasteiger charge is -2.46. The van der Waals surface area contributed by atoms with Crippen LogP contribution in [0, 0.1) is 0 Å². The number of cyclic esters (lactones) is 1. The molecule has 1 aliphatic rings. The van der Waals surface area contributed by atoms with E-state index in [0.29, 0.717) is 5.69 Å². The largest absolute Gasteiger partial charge is 0.447 e. The molecule has 1 fully saturated rings. The van der Waals surface area contributed by atoms with Gasteiger partial charge in [0.25, 0.3) is 13.5 Å². The van der Waals surface area contributed by atoms with Crippen molar-refractivity contribution in [1.29, 1.82) is 0 Å². The van der Waals surface area contributed by atoms with Crippen molar-refractivity contribution in [3.05, 3.63) is 91.0 Å². The Balaban J connectivity index is 1.53. The second-order valence-corrected chi connectivity index (χ2v) is 19.5. The van der Waals surface area contributed by atoms with Crippen molar-refractivity contribution < 1.29 is 41.3 Å². The van der Waals surface area contributed by atoms with Gasteiger partial charge in [0.15, 0.2) is 0 Å². The van der Waals surface area contributed by atoms with Crippen molar-refractivity contribution in [2.24, 2.45) is 0 Å². The molecular weight excluding hydrogens is 695 g/mol. The number of carbonyl (C=O) groups is 1. The third kappa shape index (κ3) is 8.38. The fraction of sp³-hybridized carbons (Fsp3) is 0.429. The van der Waals surface area contributed by atoms with Crippen LogP contribution < -0.4 is 15.7 Å². The van der Waals surface area contributed by atoms with Crippen LogP contribution in [0.25, 0.3) is 5.69 Å². The van der Waals surface area contributed by atoms with Gasteiger partial charge in [-0.15, -0.1) is 0 Å². The standard InChI is InChI=1S/C35H45N5O9SSi/c1-34(2,3)51(28-17-11-7-12-18-28,29-19-13-8-14-20-29)49-24-35(23-46-33(41)36-35)31(48-26-45-5)30(47-25-44-4)21-22-50(42,43)32-37-38-39-40(32)27-15-9-6-10-16-27/h6-20,30-31H,21-26H2,1-5H3,(H,36,41)/t30-,31+,35-/m0/s1. The number of hydrogen-bond donors (Lipinski definition) is 1. The topological polar surface area (TPSA) is 162 Å². The lowest BCUT2D eigenvalue weighted by atomic mass is 9.89. The molecule has 1 amide bonds. The number of para-hydroxylation sites is 1. The number of ether oxygens (including phenoxy) is 5. The van der Waals surface area contributed by atoms with Crippen LogP contribution in [0.4, 0.5) is 4.79 Å². The first kappa shape index (κ1) is 38.2. The highest BCUT2D eigenvalue weighted by molar-refractivity contribution is 7.91. The molecule has 0 aliphatic carbocycles. The maximum Gasteiger partial charge on any atom is 0.407 e. The van der Waals surface area contributed by atoms with Gasteiger partial charge in [0, 0.05) is 14.2 Å². The Bertz CT molecular complexity index is 1770. The quantitative estimate of drug-likeness (QED) is 0.118. The normalized spacial score (nSPS) is 17.9. The fourth-order valence-corrected chi connectivity index (χ4v) is 12.4. The highest BCUT2D eigenvalue weighted by Gasteiger charge is 2.56. The summed E-state index contributed by atoms with van der Waals surface area (Å²) in [5, 5.41) is 15.7. The summed E-state index contributed by atoms with van der Waals surface area (Å²) in [5.41, 5.74) is -0.851. The number of carbonyl (C=O) groups excluding carboxylic acids is 1. The van der Waals surface area contributed by atoms with E-state index in [1.807, 2.05) is 36.4 Å². The number of hydrogen-bond acceptors (Lipinski definition) is 12. The predicted octanol–water partition coefficient (Wildman–Crippen LogP) is 2.86. The summed E-state index contributed by atoms with van der Waals surface area (Å²) in [6, 6.07) is 28.8. The molecule has 4 aromatic rings. The zero-order valence-corrected chi connectivity index (χ0v) is 31.2. The maximum atomic E-state index is 13.8. The number of nitrogens with one attached hydrogen (secondary N) is 1. The second-order valence-electron chi connectivity index (χ2n) is 13.2. The molecular formula is C35H45N5O9SSi. The first-order valence-electron chi connectivity index (χ1n) is 16.4. The molecule has 0 bridgehead atoms. The minimum Gasteiger partial charge on any atom is -0.447 e. The third-order valence-electron chi connectivity index (χ3n) is 8.81. The highest BCUT2D eigenvalue weighted by Crippen LogP contribution is 2.38. The fourth-order valence-electron chi connectivity index (χ4n) is 6.49. The van der Waals surface area contributed by atoms with Gasteiger partial charge in [-0.05, 0) is 44.4 Å². The van der Waals surface area contributed by atoms with Gasteiger partial charge in [0.05, 0.1) is 24.2 Å². The van der Waals surface area contributed by atoms with E-state index in [1.165, 1.54) is 18.9 Å². The van der Waals surface area contributed by atoms with Crippen molar-refractivity contribution in [1.82, 2.24) is 25.5 Å². The summed E-state index contributed by atoms with van der Waals surface area (Å²) < 4.78 is 64.6. The Kier molecular flexibility index (Phi) is 12.4. The third-order valence-corrected chi connectivity index (χ3v) is 15.4. The minimum atomic E-state index is -4.07. The molecule has 274 valence electrons. The Morgan fingerprint density at radius 3 is 2.00 bits per heavy atom. The van der Waals surface area contributed by atoms with Crippen molar-refractivity contribution in [2.45, 2.75) is 55.1 Å². The smallest absolute Gasteiger partial charge is 0.407 e. The number of sulfone groups is 1. The molecule has 0 spiro atoms. The number of tetrazole rings is 1. The number of aromatic nitrogens is 4. The van der Waals surface area contributed by atoms with Crippen molar-refractivity contribution in [2.75, 3.05) is 46.8 Å². The molecule has 3 aromatic carbocycles. The van der Waals surface area contributed by atoms with Gasteiger partial charge >= 0.3 is 6.09 Å². The summed E-state index contributed by atoms with van der Waals surface area (Å²) in [6.45, 7) is 5.83. The SMILES string of the molecule is COCO[C@@H](CCS(=O)(=O)c1nnnn1-c1ccccc1)[C@@H](OCOC)[C@@]1(CO[Si](c2ccccc2)(c2ccccc2)C(C)(C)C)COC(=O)N1. The summed E-state index contributed by atoms with van der Waals surface area (Å²) in [7, 11) is -4.28. The van der Waals surface area contributed by atoms with Crippen LogP contribution in [0.5, 0.6) is 0 Å². The van der Waals surface area contributed by atoms with Crippen LogP contribution >= 0.6 is 0 Å².